The van der Waals surface area contributed by atoms with Gasteiger partial charge in [-0.15, -0.1) is 0 Å². The lowest BCUT2D eigenvalue weighted by Gasteiger charge is -2.09. The third-order valence-electron chi connectivity index (χ3n) is 2.97. The maximum atomic E-state index is 11.3. The Hall–Kier alpha value is -2.21. The number of hydrogen-bond acceptors (Lipinski definition) is 5. The number of nitrogens with two attached hydrogens (primary N) is 1. The van der Waals surface area contributed by atoms with Crippen molar-refractivity contribution in [3.63, 3.8) is 0 Å². The van der Waals surface area contributed by atoms with Crippen molar-refractivity contribution in [2.45, 2.75) is 19.4 Å². The van der Waals surface area contributed by atoms with Crippen LogP contribution in [-0.2, 0) is 16.0 Å². The molecule has 2 N–H and O–H groups in total. The standard InChI is InChI=1S/C13H15N3O3/c1-8-11(7-17)16-6-9(3-4-12(16)15-8)5-10(14)13(18)19-2/h3-4,6-7,10H,5,14H2,1-2H3/t10-/m0/s1. The van der Waals surface area contributed by atoms with Crippen LogP contribution >= 0.6 is 0 Å². The van der Waals surface area contributed by atoms with Gasteiger partial charge in [0.05, 0.1) is 12.8 Å². The number of nitrogens with zero attached hydrogens (tertiary/aromatic N) is 2. The molecule has 0 aliphatic carbocycles. The van der Waals surface area contributed by atoms with Gasteiger partial charge in [0.2, 0.25) is 0 Å². The predicted molar refractivity (Wildman–Crippen MR) is 69.0 cm³/mol. The lowest BCUT2D eigenvalue weighted by molar-refractivity contribution is -0.142. The number of methoxy groups -OCH3 is 1. The highest BCUT2D eigenvalue weighted by Gasteiger charge is 2.15. The summed E-state index contributed by atoms with van der Waals surface area (Å²) in [5, 5.41) is 0. The zero-order chi connectivity index (χ0) is 14.0. The summed E-state index contributed by atoms with van der Waals surface area (Å²) in [7, 11) is 1.30. The number of imidazole rings is 1. The fourth-order valence-electron chi connectivity index (χ4n) is 1.98. The van der Waals surface area contributed by atoms with Gasteiger partial charge in [-0.1, -0.05) is 6.07 Å². The quantitative estimate of drug-likeness (QED) is 0.639. The highest BCUT2D eigenvalue weighted by Crippen LogP contribution is 2.13. The lowest BCUT2D eigenvalue weighted by Crippen LogP contribution is -2.33. The topological polar surface area (TPSA) is 86.7 Å². The molecule has 6 heteroatoms. The number of carbonyl (C=O) groups excluding carboxylic acids is 2. The second-order valence-electron chi connectivity index (χ2n) is 4.30. The summed E-state index contributed by atoms with van der Waals surface area (Å²) in [6, 6.07) is 2.91. The summed E-state index contributed by atoms with van der Waals surface area (Å²) < 4.78 is 6.28. The van der Waals surface area contributed by atoms with E-state index in [1.54, 1.807) is 23.6 Å². The number of rotatable bonds is 4. The van der Waals surface area contributed by atoms with Crippen LogP contribution in [0.2, 0.25) is 0 Å². The van der Waals surface area contributed by atoms with Gasteiger partial charge in [-0.2, -0.15) is 0 Å². The van der Waals surface area contributed by atoms with Crippen LogP contribution in [0.5, 0.6) is 0 Å². The van der Waals surface area contributed by atoms with Crippen LogP contribution in [0.25, 0.3) is 5.65 Å². The first-order chi connectivity index (χ1) is 9.06. The lowest BCUT2D eigenvalue weighted by atomic mass is 10.1. The average molecular weight is 261 g/mol. The molecule has 0 unspecified atom stereocenters. The van der Waals surface area contributed by atoms with Crippen LogP contribution < -0.4 is 5.73 Å². The molecule has 0 saturated carbocycles. The number of ether oxygens (including phenoxy) is 1. The van der Waals surface area contributed by atoms with Crippen molar-refractivity contribution >= 4 is 17.9 Å². The molecule has 100 valence electrons. The molecule has 0 fully saturated rings. The first kappa shape index (κ1) is 13.2. The van der Waals surface area contributed by atoms with Gasteiger partial charge in [0.15, 0.2) is 6.29 Å². The van der Waals surface area contributed by atoms with Crippen molar-refractivity contribution in [3.05, 3.63) is 35.3 Å². The summed E-state index contributed by atoms with van der Waals surface area (Å²) in [4.78, 5) is 26.6. The SMILES string of the molecule is COC(=O)[C@@H](N)Cc1ccc2nc(C)c(C=O)n2c1. The minimum absolute atomic E-state index is 0.345. The van der Waals surface area contributed by atoms with E-state index in [1.165, 1.54) is 7.11 Å². The molecular weight excluding hydrogens is 246 g/mol. The van der Waals surface area contributed by atoms with Gasteiger partial charge >= 0.3 is 5.97 Å². The smallest absolute Gasteiger partial charge is 0.322 e. The van der Waals surface area contributed by atoms with Gasteiger partial charge in [-0.05, 0) is 25.0 Å². The van der Waals surface area contributed by atoms with E-state index in [4.69, 9.17) is 5.73 Å². The Morgan fingerprint density at radius 2 is 2.32 bits per heavy atom. The molecular formula is C13H15N3O3. The molecule has 1 atom stereocenters. The highest BCUT2D eigenvalue weighted by atomic mass is 16.5. The van der Waals surface area contributed by atoms with Gasteiger partial charge in [-0.3, -0.25) is 14.0 Å². The number of carbonyl (C=O) groups is 2. The Balaban J connectivity index is 2.35. The maximum absolute atomic E-state index is 11.3. The van der Waals surface area contributed by atoms with E-state index in [-0.39, 0.29) is 0 Å². The van der Waals surface area contributed by atoms with Crippen molar-refractivity contribution in [2.75, 3.05) is 7.11 Å². The molecule has 0 aliphatic rings. The van der Waals surface area contributed by atoms with E-state index in [2.05, 4.69) is 9.72 Å². The Bertz CT molecular complexity index is 633. The Morgan fingerprint density at radius 3 is 2.95 bits per heavy atom. The van der Waals surface area contributed by atoms with Crippen LogP contribution in [0.3, 0.4) is 0 Å². The highest BCUT2D eigenvalue weighted by molar-refractivity contribution is 5.77. The van der Waals surface area contributed by atoms with Crippen molar-refractivity contribution in [3.8, 4) is 0 Å². The van der Waals surface area contributed by atoms with Crippen LogP contribution in [0.1, 0.15) is 21.7 Å². The van der Waals surface area contributed by atoms with Crippen molar-refractivity contribution in [1.29, 1.82) is 0 Å². The zero-order valence-electron chi connectivity index (χ0n) is 10.8. The number of hydrogen-bond donors (Lipinski definition) is 1. The summed E-state index contributed by atoms with van der Waals surface area (Å²) in [6.45, 7) is 1.77. The molecule has 2 aromatic heterocycles. The van der Waals surface area contributed by atoms with Gasteiger partial charge in [0, 0.05) is 6.20 Å². The second-order valence-corrected chi connectivity index (χ2v) is 4.30. The molecule has 0 amide bonds. The molecule has 0 aliphatic heterocycles. The van der Waals surface area contributed by atoms with Gasteiger partial charge in [0.1, 0.15) is 17.4 Å². The number of aldehydes is 1. The number of fused-ring (bicyclic) bond motifs is 1. The fourth-order valence-corrected chi connectivity index (χ4v) is 1.98. The fraction of sp³-hybridized carbons (Fsp3) is 0.308. The summed E-state index contributed by atoms with van der Waals surface area (Å²) in [5.74, 6) is -0.461. The molecule has 0 radical (unpaired) electrons. The monoisotopic (exact) mass is 261 g/mol. The first-order valence-corrected chi connectivity index (χ1v) is 5.83. The van der Waals surface area contributed by atoms with Crippen molar-refractivity contribution in [1.82, 2.24) is 9.38 Å². The van der Waals surface area contributed by atoms with Gasteiger partial charge in [0.25, 0.3) is 0 Å². The number of esters is 1. The van der Waals surface area contributed by atoms with E-state index in [0.717, 1.165) is 11.8 Å². The Kier molecular flexibility index (Phi) is 3.62. The normalized spacial score (nSPS) is 12.4. The molecule has 2 rings (SSSR count). The first-order valence-electron chi connectivity index (χ1n) is 5.83. The molecule has 0 spiro atoms. The van der Waals surface area contributed by atoms with E-state index >= 15 is 0 Å². The molecule has 0 saturated heterocycles. The minimum Gasteiger partial charge on any atom is -0.468 e. The van der Waals surface area contributed by atoms with Crippen LogP contribution in [0.4, 0.5) is 0 Å². The van der Waals surface area contributed by atoms with Crippen LogP contribution in [0.15, 0.2) is 18.3 Å². The molecule has 6 nitrogen and oxygen atoms in total. The van der Waals surface area contributed by atoms with E-state index in [9.17, 15) is 9.59 Å². The largest absolute Gasteiger partial charge is 0.468 e. The summed E-state index contributed by atoms with van der Waals surface area (Å²) in [5.41, 5.74) is 8.41. The Labute approximate surface area is 110 Å². The number of aromatic nitrogens is 2. The molecule has 2 heterocycles. The predicted octanol–water partition coefficient (Wildman–Crippen LogP) is 0.498. The third-order valence-corrected chi connectivity index (χ3v) is 2.97. The van der Waals surface area contributed by atoms with E-state index in [1.807, 2.05) is 6.07 Å². The average Bonchev–Trinajstić information content (AvgIpc) is 2.72. The number of aryl methyl sites for hydroxylation is 1. The van der Waals surface area contributed by atoms with Crippen LogP contribution in [-0.4, -0.2) is 34.8 Å². The van der Waals surface area contributed by atoms with Crippen LogP contribution in [0, 0.1) is 6.92 Å². The third kappa shape index (κ3) is 2.48. The summed E-state index contributed by atoms with van der Waals surface area (Å²) >= 11 is 0. The molecule has 19 heavy (non-hydrogen) atoms. The second kappa shape index (κ2) is 5.19. The van der Waals surface area contributed by atoms with E-state index in [0.29, 0.717) is 23.5 Å². The summed E-state index contributed by atoms with van der Waals surface area (Å²) in [6.07, 6.45) is 2.87. The van der Waals surface area contributed by atoms with Gasteiger partial charge < -0.3 is 10.5 Å². The minimum atomic E-state index is -0.716. The molecule has 0 bridgehead atoms. The number of pyridine rings is 1. The Morgan fingerprint density at radius 1 is 1.58 bits per heavy atom. The van der Waals surface area contributed by atoms with E-state index < -0.39 is 12.0 Å². The van der Waals surface area contributed by atoms with Crippen molar-refractivity contribution in [2.24, 2.45) is 5.73 Å². The molecule has 0 aromatic carbocycles. The zero-order valence-corrected chi connectivity index (χ0v) is 10.8. The van der Waals surface area contributed by atoms with Gasteiger partial charge in [-0.25, -0.2) is 4.98 Å². The van der Waals surface area contributed by atoms with Crippen molar-refractivity contribution < 1.29 is 14.3 Å². The molecule has 2 aromatic rings. The maximum Gasteiger partial charge on any atom is 0.322 e.